The van der Waals surface area contributed by atoms with Crippen LogP contribution >= 0.6 is 0 Å². The Bertz CT molecular complexity index is 291. The van der Waals surface area contributed by atoms with Crippen LogP contribution in [-0.4, -0.2) is 31.2 Å². The van der Waals surface area contributed by atoms with Crippen LogP contribution in [0.4, 0.5) is 6.01 Å². The average Bonchev–Trinajstić information content (AvgIpc) is 2.65. The number of rotatable bonds is 2. The zero-order valence-electron chi connectivity index (χ0n) is 8.79. The number of anilines is 1. The van der Waals surface area contributed by atoms with Crippen LogP contribution in [0.15, 0.2) is 10.6 Å². The summed E-state index contributed by atoms with van der Waals surface area (Å²) in [5.74, 6) is 0.871. The van der Waals surface area contributed by atoms with Crippen molar-refractivity contribution < 1.29 is 4.42 Å². The van der Waals surface area contributed by atoms with Gasteiger partial charge in [0, 0.05) is 19.6 Å². The van der Waals surface area contributed by atoms with Crippen molar-refractivity contribution in [3.05, 3.63) is 12.0 Å². The summed E-state index contributed by atoms with van der Waals surface area (Å²) in [6.45, 7) is 4.08. The molecule has 0 radical (unpaired) electrons. The standard InChI is InChI=1S/C10H17N3O/c1-8-6-12-10(14-8)13(2)9-4-3-5-11-7-9/h6,9,11H,3-5,7H2,1-2H3. The second-order valence-electron chi connectivity index (χ2n) is 3.86. The van der Waals surface area contributed by atoms with E-state index in [1.807, 2.05) is 14.0 Å². The van der Waals surface area contributed by atoms with Gasteiger partial charge < -0.3 is 14.6 Å². The highest BCUT2D eigenvalue weighted by Gasteiger charge is 2.20. The van der Waals surface area contributed by atoms with Crippen LogP contribution in [0.3, 0.4) is 0 Å². The van der Waals surface area contributed by atoms with Crippen molar-refractivity contribution in [2.24, 2.45) is 0 Å². The maximum Gasteiger partial charge on any atom is 0.297 e. The maximum absolute atomic E-state index is 5.49. The minimum absolute atomic E-state index is 0.516. The summed E-state index contributed by atoms with van der Waals surface area (Å²) >= 11 is 0. The lowest BCUT2D eigenvalue weighted by Gasteiger charge is -2.30. The molecule has 2 rings (SSSR count). The van der Waals surface area contributed by atoms with E-state index < -0.39 is 0 Å². The molecule has 0 aliphatic carbocycles. The monoisotopic (exact) mass is 195 g/mol. The van der Waals surface area contributed by atoms with Gasteiger partial charge in [0.2, 0.25) is 0 Å². The fourth-order valence-corrected chi connectivity index (χ4v) is 1.83. The summed E-state index contributed by atoms with van der Waals surface area (Å²) in [5.41, 5.74) is 0. The Morgan fingerprint density at radius 3 is 3.07 bits per heavy atom. The molecule has 4 heteroatoms. The third kappa shape index (κ3) is 1.90. The van der Waals surface area contributed by atoms with Gasteiger partial charge in [0.25, 0.3) is 6.01 Å². The molecule has 1 atom stereocenters. The van der Waals surface area contributed by atoms with Crippen molar-refractivity contribution in [3.63, 3.8) is 0 Å². The van der Waals surface area contributed by atoms with Gasteiger partial charge in [-0.25, -0.2) is 4.98 Å². The van der Waals surface area contributed by atoms with Gasteiger partial charge in [0.15, 0.2) is 0 Å². The van der Waals surface area contributed by atoms with Crippen molar-refractivity contribution >= 4 is 6.01 Å². The summed E-state index contributed by atoms with van der Waals surface area (Å²) in [7, 11) is 2.04. The number of aryl methyl sites for hydroxylation is 1. The van der Waals surface area contributed by atoms with E-state index in [4.69, 9.17) is 4.42 Å². The van der Waals surface area contributed by atoms with Gasteiger partial charge in [0.05, 0.1) is 6.20 Å². The SMILES string of the molecule is Cc1cnc(N(C)C2CCCNC2)o1. The Kier molecular flexibility index (Phi) is 2.72. The molecule has 0 spiro atoms. The molecule has 14 heavy (non-hydrogen) atoms. The molecule has 1 aliphatic rings. The molecular formula is C10H17N3O. The first-order valence-electron chi connectivity index (χ1n) is 5.13. The molecule has 0 aromatic carbocycles. The molecule has 4 nitrogen and oxygen atoms in total. The lowest BCUT2D eigenvalue weighted by atomic mass is 10.1. The smallest absolute Gasteiger partial charge is 0.297 e. The lowest BCUT2D eigenvalue weighted by molar-refractivity contribution is 0.416. The quantitative estimate of drug-likeness (QED) is 0.769. The lowest BCUT2D eigenvalue weighted by Crippen LogP contribution is -2.44. The van der Waals surface area contributed by atoms with Gasteiger partial charge in [-0.15, -0.1) is 0 Å². The summed E-state index contributed by atoms with van der Waals surface area (Å²) in [4.78, 5) is 6.35. The second-order valence-corrected chi connectivity index (χ2v) is 3.86. The van der Waals surface area contributed by atoms with Crippen LogP contribution in [0.25, 0.3) is 0 Å². The number of aromatic nitrogens is 1. The molecule has 2 heterocycles. The van der Waals surface area contributed by atoms with Crippen LogP contribution in [0.1, 0.15) is 18.6 Å². The Labute approximate surface area is 84.3 Å². The van der Waals surface area contributed by atoms with E-state index in [9.17, 15) is 0 Å². The maximum atomic E-state index is 5.49. The summed E-state index contributed by atoms with van der Waals surface area (Å²) < 4.78 is 5.49. The van der Waals surface area contributed by atoms with E-state index >= 15 is 0 Å². The molecule has 0 bridgehead atoms. The summed E-state index contributed by atoms with van der Waals surface area (Å²) in [6.07, 6.45) is 4.21. The molecule has 1 saturated heterocycles. The number of piperidine rings is 1. The topological polar surface area (TPSA) is 41.3 Å². The van der Waals surface area contributed by atoms with Crippen molar-refractivity contribution in [2.45, 2.75) is 25.8 Å². The fourth-order valence-electron chi connectivity index (χ4n) is 1.83. The molecule has 1 fully saturated rings. The molecule has 0 amide bonds. The summed E-state index contributed by atoms with van der Waals surface area (Å²) in [5, 5.41) is 3.38. The first-order valence-corrected chi connectivity index (χ1v) is 5.13. The minimum atomic E-state index is 0.516. The Morgan fingerprint density at radius 1 is 1.64 bits per heavy atom. The molecule has 0 saturated carbocycles. The summed E-state index contributed by atoms with van der Waals surface area (Å²) in [6, 6.07) is 1.25. The van der Waals surface area contributed by atoms with E-state index in [0.717, 1.165) is 24.9 Å². The van der Waals surface area contributed by atoms with Gasteiger partial charge in [-0.05, 0) is 26.3 Å². The Balaban J connectivity index is 2.03. The highest BCUT2D eigenvalue weighted by molar-refractivity contribution is 5.27. The normalized spacial score (nSPS) is 22.3. The zero-order chi connectivity index (χ0) is 9.97. The van der Waals surface area contributed by atoms with Crippen molar-refractivity contribution in [1.29, 1.82) is 0 Å². The van der Waals surface area contributed by atoms with Gasteiger partial charge in [-0.1, -0.05) is 0 Å². The molecule has 1 aliphatic heterocycles. The molecule has 1 aromatic heterocycles. The minimum Gasteiger partial charge on any atom is -0.429 e. The third-order valence-electron chi connectivity index (χ3n) is 2.73. The number of likely N-dealkylation sites (N-methyl/N-ethyl adjacent to an activating group) is 1. The van der Waals surface area contributed by atoms with E-state index in [0.29, 0.717) is 6.04 Å². The van der Waals surface area contributed by atoms with Crippen LogP contribution in [-0.2, 0) is 0 Å². The molecule has 78 valence electrons. The van der Waals surface area contributed by atoms with Gasteiger partial charge in [0.1, 0.15) is 5.76 Å². The Hall–Kier alpha value is -1.03. The highest BCUT2D eigenvalue weighted by Crippen LogP contribution is 2.18. The predicted molar refractivity (Wildman–Crippen MR) is 55.5 cm³/mol. The van der Waals surface area contributed by atoms with Crippen LogP contribution in [0.5, 0.6) is 0 Å². The number of oxazole rings is 1. The van der Waals surface area contributed by atoms with Crippen molar-refractivity contribution in [1.82, 2.24) is 10.3 Å². The molecule has 1 aromatic rings. The largest absolute Gasteiger partial charge is 0.429 e. The average molecular weight is 195 g/mol. The predicted octanol–water partition coefficient (Wildman–Crippen LogP) is 1.17. The Morgan fingerprint density at radius 2 is 2.50 bits per heavy atom. The van der Waals surface area contributed by atoms with Crippen molar-refractivity contribution in [3.8, 4) is 0 Å². The van der Waals surface area contributed by atoms with E-state index in [1.54, 1.807) is 6.20 Å². The first-order chi connectivity index (χ1) is 6.77. The van der Waals surface area contributed by atoms with Crippen LogP contribution in [0.2, 0.25) is 0 Å². The number of nitrogens with one attached hydrogen (secondary N) is 1. The number of nitrogens with zero attached hydrogens (tertiary/aromatic N) is 2. The second kappa shape index (κ2) is 4.00. The molecule has 1 unspecified atom stereocenters. The molecular weight excluding hydrogens is 178 g/mol. The van der Waals surface area contributed by atoms with E-state index in [1.165, 1.54) is 12.8 Å². The zero-order valence-corrected chi connectivity index (χ0v) is 8.79. The van der Waals surface area contributed by atoms with E-state index in [-0.39, 0.29) is 0 Å². The van der Waals surface area contributed by atoms with E-state index in [2.05, 4.69) is 15.2 Å². The first kappa shape index (κ1) is 9.52. The highest BCUT2D eigenvalue weighted by atomic mass is 16.4. The van der Waals surface area contributed by atoms with Gasteiger partial charge in [-0.2, -0.15) is 0 Å². The van der Waals surface area contributed by atoms with Crippen LogP contribution in [0, 0.1) is 6.92 Å². The number of hydrogen-bond acceptors (Lipinski definition) is 4. The third-order valence-corrected chi connectivity index (χ3v) is 2.73. The fraction of sp³-hybridized carbons (Fsp3) is 0.700. The van der Waals surface area contributed by atoms with Crippen LogP contribution < -0.4 is 10.2 Å². The number of hydrogen-bond donors (Lipinski definition) is 1. The van der Waals surface area contributed by atoms with Gasteiger partial charge in [-0.3, -0.25) is 0 Å². The van der Waals surface area contributed by atoms with Gasteiger partial charge >= 0.3 is 0 Å². The molecule has 1 N–H and O–H groups in total. The van der Waals surface area contributed by atoms with Crippen molar-refractivity contribution in [2.75, 3.05) is 25.0 Å².